The second-order valence-electron chi connectivity index (χ2n) is 5.12. The minimum Gasteiger partial charge on any atom is -0.455 e. The largest absolute Gasteiger partial charge is 0.455 e. The normalized spacial score (nSPS) is 23.2. The first-order valence-corrected chi connectivity index (χ1v) is 7.71. The van der Waals surface area contributed by atoms with E-state index in [0.29, 0.717) is 13.0 Å². The van der Waals surface area contributed by atoms with Gasteiger partial charge < -0.3 is 9.64 Å². The lowest BCUT2D eigenvalue weighted by molar-refractivity contribution is -0.156. The van der Waals surface area contributed by atoms with Gasteiger partial charge in [-0.3, -0.25) is 9.59 Å². The van der Waals surface area contributed by atoms with E-state index in [2.05, 4.69) is 0 Å². The van der Waals surface area contributed by atoms with Crippen LogP contribution in [0, 0.1) is 5.41 Å². The average Bonchev–Trinajstić information content (AvgIpc) is 2.77. The third kappa shape index (κ3) is 3.10. The van der Waals surface area contributed by atoms with Gasteiger partial charge in [0, 0.05) is 18.3 Å². The van der Waals surface area contributed by atoms with Crippen molar-refractivity contribution in [1.29, 1.82) is 0 Å². The number of hydrogen-bond donors (Lipinski definition) is 0. The number of likely N-dealkylation sites (N-methyl/N-ethyl adjacent to an activating group) is 1. The quantitative estimate of drug-likeness (QED) is 0.614. The van der Waals surface area contributed by atoms with Crippen molar-refractivity contribution >= 4 is 46.4 Å². The van der Waals surface area contributed by atoms with Crippen molar-refractivity contribution in [3.05, 3.63) is 22.4 Å². The zero-order valence-corrected chi connectivity index (χ0v) is 13.5. The predicted molar refractivity (Wildman–Crippen MR) is 78.9 cm³/mol. The molecule has 20 heavy (non-hydrogen) atoms. The Morgan fingerprint density at radius 2 is 2.15 bits per heavy atom. The minimum atomic E-state index is -1.07. The van der Waals surface area contributed by atoms with Gasteiger partial charge in [0.05, 0.1) is 6.54 Å². The van der Waals surface area contributed by atoms with E-state index >= 15 is 0 Å². The number of carbonyl (C=O) groups excluding carboxylic acids is 2. The third-order valence-electron chi connectivity index (χ3n) is 3.43. The number of carbonyl (C=O) groups is 2. The molecule has 1 amide bonds. The molecule has 2 rings (SSSR count). The van der Waals surface area contributed by atoms with E-state index < -0.39 is 15.7 Å². The number of nitrogens with zero attached hydrogens (tertiary/aromatic N) is 1. The van der Waals surface area contributed by atoms with Gasteiger partial charge in [-0.15, -0.1) is 34.5 Å². The molecule has 0 bridgehead atoms. The number of thiophene rings is 1. The fraction of sp³-hybridized carbons (Fsp3) is 0.538. The predicted octanol–water partition coefficient (Wildman–Crippen LogP) is 2.83. The summed E-state index contributed by atoms with van der Waals surface area (Å²) >= 11 is 13.3. The Hall–Kier alpha value is -0.780. The second-order valence-corrected chi connectivity index (χ2v) is 7.63. The lowest BCUT2D eigenvalue weighted by Gasteiger charge is -2.17. The van der Waals surface area contributed by atoms with Gasteiger partial charge in [0.25, 0.3) is 5.91 Å². The van der Waals surface area contributed by atoms with Crippen LogP contribution in [-0.2, 0) is 20.9 Å². The Kier molecular flexibility index (Phi) is 4.33. The molecule has 1 unspecified atom stereocenters. The van der Waals surface area contributed by atoms with Crippen molar-refractivity contribution in [1.82, 2.24) is 4.90 Å². The summed E-state index contributed by atoms with van der Waals surface area (Å²) in [7, 11) is 1.67. The molecule has 0 aromatic carbocycles. The molecule has 1 heterocycles. The van der Waals surface area contributed by atoms with Crippen LogP contribution in [0.4, 0.5) is 0 Å². The van der Waals surface area contributed by atoms with E-state index in [1.54, 1.807) is 25.3 Å². The van der Waals surface area contributed by atoms with Crippen LogP contribution < -0.4 is 0 Å². The summed E-state index contributed by atoms with van der Waals surface area (Å²) in [6.07, 6.45) is 0.348. The van der Waals surface area contributed by atoms with Crippen LogP contribution in [-0.4, -0.2) is 34.8 Å². The molecular formula is C13H15Cl2NO3S. The van der Waals surface area contributed by atoms with Crippen LogP contribution in [0.3, 0.4) is 0 Å². The Balaban J connectivity index is 1.79. The lowest BCUT2D eigenvalue weighted by atomic mass is 10.1. The highest BCUT2D eigenvalue weighted by Crippen LogP contribution is 2.64. The van der Waals surface area contributed by atoms with Gasteiger partial charge in [0.2, 0.25) is 0 Å². The lowest BCUT2D eigenvalue weighted by Crippen LogP contribution is -2.32. The van der Waals surface area contributed by atoms with E-state index in [1.165, 1.54) is 4.90 Å². The number of esters is 1. The molecule has 0 aliphatic heterocycles. The molecule has 7 heteroatoms. The zero-order valence-electron chi connectivity index (χ0n) is 11.2. The van der Waals surface area contributed by atoms with Crippen LogP contribution in [0.1, 0.15) is 18.2 Å². The maximum absolute atomic E-state index is 11.9. The molecule has 1 atom stereocenters. The number of amides is 1. The summed E-state index contributed by atoms with van der Waals surface area (Å²) in [6.45, 7) is 1.84. The zero-order chi connectivity index (χ0) is 15.0. The van der Waals surface area contributed by atoms with Gasteiger partial charge >= 0.3 is 5.97 Å². The second kappa shape index (κ2) is 5.54. The molecule has 0 N–H and O–H groups in total. The molecule has 1 fully saturated rings. The number of hydrogen-bond acceptors (Lipinski definition) is 4. The monoisotopic (exact) mass is 335 g/mol. The van der Waals surface area contributed by atoms with Gasteiger partial charge in [0.15, 0.2) is 6.61 Å². The molecule has 1 saturated carbocycles. The summed E-state index contributed by atoms with van der Waals surface area (Å²) in [4.78, 5) is 26.3. The van der Waals surface area contributed by atoms with Crippen molar-refractivity contribution in [2.75, 3.05) is 13.7 Å². The Labute approximate surface area is 131 Å². The fourth-order valence-corrected chi connectivity index (χ4v) is 3.19. The summed E-state index contributed by atoms with van der Waals surface area (Å²) < 4.78 is 3.94. The summed E-state index contributed by atoms with van der Waals surface area (Å²) in [5.74, 6) is -0.786. The SMILES string of the molecule is CN(Cc1cccs1)C(=O)COC(=O)C1(C)CC1(Cl)Cl. The van der Waals surface area contributed by atoms with Crippen molar-refractivity contribution in [2.24, 2.45) is 5.41 Å². The Morgan fingerprint density at radius 1 is 1.50 bits per heavy atom. The molecule has 4 nitrogen and oxygen atoms in total. The molecule has 0 saturated heterocycles. The van der Waals surface area contributed by atoms with Gasteiger partial charge in [-0.1, -0.05) is 6.07 Å². The first kappa shape index (κ1) is 15.6. The van der Waals surface area contributed by atoms with Crippen LogP contribution in [0.15, 0.2) is 17.5 Å². The Morgan fingerprint density at radius 3 is 2.65 bits per heavy atom. The van der Waals surface area contributed by atoms with Crippen LogP contribution in [0.5, 0.6) is 0 Å². The van der Waals surface area contributed by atoms with Gasteiger partial charge in [-0.25, -0.2) is 0 Å². The van der Waals surface area contributed by atoms with Crippen LogP contribution in [0.2, 0.25) is 0 Å². The van der Waals surface area contributed by atoms with Crippen molar-refractivity contribution in [3.8, 4) is 0 Å². The molecule has 1 aliphatic rings. The minimum absolute atomic E-state index is 0.259. The first-order valence-electron chi connectivity index (χ1n) is 6.08. The highest BCUT2D eigenvalue weighted by Gasteiger charge is 2.69. The number of alkyl halides is 2. The average molecular weight is 336 g/mol. The van der Waals surface area contributed by atoms with Gasteiger partial charge in [-0.05, 0) is 18.4 Å². The first-order chi connectivity index (χ1) is 9.26. The number of halogens is 2. The third-order valence-corrected chi connectivity index (χ3v) is 5.40. The molecule has 1 aliphatic carbocycles. The van der Waals surface area contributed by atoms with E-state index in [0.717, 1.165) is 4.88 Å². The van der Waals surface area contributed by atoms with Crippen molar-refractivity contribution < 1.29 is 14.3 Å². The highest BCUT2D eigenvalue weighted by atomic mass is 35.5. The molecule has 0 radical (unpaired) electrons. The summed E-state index contributed by atoms with van der Waals surface area (Å²) in [6, 6.07) is 3.87. The molecule has 1 aromatic heterocycles. The summed E-state index contributed by atoms with van der Waals surface area (Å²) in [5.41, 5.74) is -0.900. The standard InChI is InChI=1S/C13H15Cl2NO3S/c1-12(8-13(12,14)15)11(18)19-7-10(17)16(2)6-9-4-3-5-20-9/h3-5H,6-8H2,1-2H3. The van der Waals surface area contributed by atoms with Crippen LogP contribution in [0.25, 0.3) is 0 Å². The molecule has 110 valence electrons. The molecular weight excluding hydrogens is 321 g/mol. The van der Waals surface area contributed by atoms with E-state index in [9.17, 15) is 9.59 Å². The van der Waals surface area contributed by atoms with Gasteiger partial charge in [0.1, 0.15) is 9.75 Å². The number of rotatable bonds is 5. The maximum atomic E-state index is 11.9. The van der Waals surface area contributed by atoms with Crippen molar-refractivity contribution in [3.63, 3.8) is 0 Å². The Bertz CT molecular complexity index is 518. The smallest absolute Gasteiger partial charge is 0.315 e. The van der Waals surface area contributed by atoms with Crippen LogP contribution >= 0.6 is 34.5 Å². The molecule has 0 spiro atoms. The van der Waals surface area contributed by atoms with E-state index in [1.807, 2.05) is 17.5 Å². The van der Waals surface area contributed by atoms with Crippen molar-refractivity contribution in [2.45, 2.75) is 24.2 Å². The summed E-state index contributed by atoms with van der Waals surface area (Å²) in [5, 5.41) is 1.95. The number of ether oxygens (including phenoxy) is 1. The van der Waals surface area contributed by atoms with E-state index in [4.69, 9.17) is 27.9 Å². The van der Waals surface area contributed by atoms with Gasteiger partial charge in [-0.2, -0.15) is 0 Å². The fourth-order valence-electron chi connectivity index (χ4n) is 1.74. The topological polar surface area (TPSA) is 46.6 Å². The molecule has 1 aromatic rings. The maximum Gasteiger partial charge on any atom is 0.315 e. The highest BCUT2D eigenvalue weighted by molar-refractivity contribution is 7.09. The van der Waals surface area contributed by atoms with E-state index in [-0.39, 0.29) is 12.5 Å².